The lowest BCUT2D eigenvalue weighted by Crippen LogP contribution is -1.97. The summed E-state index contributed by atoms with van der Waals surface area (Å²) >= 11 is 0. The maximum absolute atomic E-state index is 10.3. The summed E-state index contributed by atoms with van der Waals surface area (Å²) in [6, 6.07) is 0. The summed E-state index contributed by atoms with van der Waals surface area (Å²) in [5, 5.41) is 18.9. The number of hydrogen-bond donors (Lipinski definition) is 2. The van der Waals surface area contributed by atoms with Gasteiger partial charge in [-0.1, -0.05) is 5.16 Å². The smallest absolute Gasteiger partial charge is 0.303 e. The Hall–Kier alpha value is -2.45. The van der Waals surface area contributed by atoms with Gasteiger partial charge in [0.2, 0.25) is 11.7 Å². The molecule has 0 saturated heterocycles. The fourth-order valence-electron chi connectivity index (χ4n) is 1.02. The predicted octanol–water partition coefficient (Wildman–Crippen LogP) is -0.281. The Bertz CT molecular complexity index is 504. The van der Waals surface area contributed by atoms with Gasteiger partial charge >= 0.3 is 5.97 Å². The SMILES string of the molecule is Nc1nonc1-c1noc(CCC(=O)O)n1. The number of carboxylic acids is 1. The number of anilines is 1. The van der Waals surface area contributed by atoms with E-state index in [1.165, 1.54) is 0 Å². The molecule has 0 aliphatic rings. The van der Waals surface area contributed by atoms with Crippen molar-refractivity contribution in [1.29, 1.82) is 0 Å². The van der Waals surface area contributed by atoms with E-state index in [2.05, 4.69) is 25.1 Å². The minimum absolute atomic E-state index is 0.0468. The van der Waals surface area contributed by atoms with E-state index in [9.17, 15) is 4.79 Å². The number of rotatable bonds is 4. The highest BCUT2D eigenvalue weighted by Gasteiger charge is 2.16. The van der Waals surface area contributed by atoms with Crippen molar-refractivity contribution in [3.05, 3.63) is 5.89 Å². The Morgan fingerprint density at radius 1 is 1.38 bits per heavy atom. The maximum Gasteiger partial charge on any atom is 0.303 e. The van der Waals surface area contributed by atoms with Gasteiger partial charge in [-0.05, 0) is 10.3 Å². The third-order valence-electron chi connectivity index (χ3n) is 1.75. The van der Waals surface area contributed by atoms with E-state index in [0.717, 1.165) is 0 Å². The van der Waals surface area contributed by atoms with Crippen LogP contribution in [0, 0.1) is 0 Å². The number of hydrogen-bond acceptors (Lipinski definition) is 8. The quantitative estimate of drug-likeness (QED) is 0.717. The van der Waals surface area contributed by atoms with Crippen molar-refractivity contribution in [3.63, 3.8) is 0 Å². The fourth-order valence-corrected chi connectivity index (χ4v) is 1.02. The molecule has 0 atom stereocenters. The average Bonchev–Trinajstić information content (AvgIpc) is 2.83. The van der Waals surface area contributed by atoms with Crippen LogP contribution < -0.4 is 5.73 Å². The minimum Gasteiger partial charge on any atom is -0.481 e. The van der Waals surface area contributed by atoms with Crippen LogP contribution in [-0.4, -0.2) is 31.5 Å². The van der Waals surface area contributed by atoms with E-state index >= 15 is 0 Å². The molecule has 0 unspecified atom stereocenters. The fraction of sp³-hybridized carbons (Fsp3) is 0.286. The van der Waals surface area contributed by atoms with Gasteiger partial charge in [-0.25, -0.2) is 4.63 Å². The molecule has 2 aromatic rings. The van der Waals surface area contributed by atoms with Gasteiger partial charge in [0.1, 0.15) is 0 Å². The van der Waals surface area contributed by atoms with Gasteiger partial charge in [-0.3, -0.25) is 4.79 Å². The van der Waals surface area contributed by atoms with Crippen LogP contribution in [0.1, 0.15) is 12.3 Å². The largest absolute Gasteiger partial charge is 0.481 e. The van der Waals surface area contributed by atoms with Crippen LogP contribution in [0.5, 0.6) is 0 Å². The van der Waals surface area contributed by atoms with Gasteiger partial charge in [-0.2, -0.15) is 4.98 Å². The summed E-state index contributed by atoms with van der Waals surface area (Å²) in [5.74, 6) is -0.577. The van der Waals surface area contributed by atoms with Crippen LogP contribution >= 0.6 is 0 Å². The standard InChI is InChI=1S/C7H7N5O4/c8-6-5(10-16-11-6)7-9-3(15-12-7)1-2-4(13)14/h1-2H2,(H2,8,11)(H,13,14). The normalized spacial score (nSPS) is 10.5. The molecule has 84 valence electrons. The third kappa shape index (κ3) is 1.97. The van der Waals surface area contributed by atoms with Crippen LogP contribution in [0.25, 0.3) is 11.5 Å². The van der Waals surface area contributed by atoms with E-state index in [4.69, 9.17) is 15.4 Å². The number of nitrogens with two attached hydrogens (primary N) is 1. The molecule has 0 radical (unpaired) electrons. The predicted molar refractivity (Wildman–Crippen MR) is 48.0 cm³/mol. The molecule has 2 rings (SSSR count). The number of aromatic nitrogens is 4. The Morgan fingerprint density at radius 2 is 2.19 bits per heavy atom. The summed E-state index contributed by atoms with van der Waals surface area (Å²) in [4.78, 5) is 14.2. The van der Waals surface area contributed by atoms with Crippen molar-refractivity contribution in [3.8, 4) is 11.5 Å². The Labute approximate surface area is 88.2 Å². The van der Waals surface area contributed by atoms with Crippen molar-refractivity contribution < 1.29 is 19.1 Å². The van der Waals surface area contributed by atoms with Crippen molar-refractivity contribution in [2.24, 2.45) is 0 Å². The first-order valence-electron chi connectivity index (χ1n) is 4.29. The summed E-state index contributed by atoms with van der Waals surface area (Å²) in [5.41, 5.74) is 5.59. The van der Waals surface area contributed by atoms with Crippen molar-refractivity contribution in [1.82, 2.24) is 20.5 Å². The van der Waals surface area contributed by atoms with Crippen LogP contribution in [0.2, 0.25) is 0 Å². The van der Waals surface area contributed by atoms with E-state index in [1.54, 1.807) is 0 Å². The number of carbonyl (C=O) groups is 1. The second-order valence-corrected chi connectivity index (χ2v) is 2.90. The van der Waals surface area contributed by atoms with Crippen molar-refractivity contribution in [2.45, 2.75) is 12.8 Å². The maximum atomic E-state index is 10.3. The minimum atomic E-state index is -0.942. The molecule has 0 bridgehead atoms. The zero-order chi connectivity index (χ0) is 11.5. The number of nitrogens with zero attached hydrogens (tertiary/aromatic N) is 4. The van der Waals surface area contributed by atoms with Crippen LogP contribution in [0.15, 0.2) is 9.15 Å². The van der Waals surface area contributed by atoms with Crippen LogP contribution in [0.3, 0.4) is 0 Å². The average molecular weight is 225 g/mol. The monoisotopic (exact) mass is 225 g/mol. The molecule has 0 fully saturated rings. The molecule has 9 heteroatoms. The number of aryl methyl sites for hydroxylation is 1. The lowest BCUT2D eigenvalue weighted by Gasteiger charge is -1.87. The van der Waals surface area contributed by atoms with Gasteiger partial charge < -0.3 is 15.4 Å². The van der Waals surface area contributed by atoms with Crippen molar-refractivity contribution in [2.75, 3.05) is 5.73 Å². The molecule has 2 aromatic heterocycles. The highest BCUT2D eigenvalue weighted by molar-refractivity contribution is 5.67. The van der Waals surface area contributed by atoms with E-state index in [-0.39, 0.29) is 36.1 Å². The van der Waals surface area contributed by atoms with Gasteiger partial charge in [0.05, 0.1) is 6.42 Å². The molecule has 0 aromatic carbocycles. The van der Waals surface area contributed by atoms with E-state index < -0.39 is 5.97 Å². The molecule has 0 amide bonds. The Balaban J connectivity index is 2.14. The first-order chi connectivity index (χ1) is 7.66. The highest BCUT2D eigenvalue weighted by atomic mass is 16.6. The Kier molecular flexibility index (Phi) is 2.50. The summed E-state index contributed by atoms with van der Waals surface area (Å²) in [6.45, 7) is 0. The van der Waals surface area contributed by atoms with Gasteiger partial charge in [0.15, 0.2) is 11.5 Å². The molecule has 0 aliphatic heterocycles. The highest BCUT2D eigenvalue weighted by Crippen LogP contribution is 2.18. The first kappa shape index (κ1) is 10.1. The molecular weight excluding hydrogens is 218 g/mol. The second-order valence-electron chi connectivity index (χ2n) is 2.90. The first-order valence-corrected chi connectivity index (χ1v) is 4.29. The summed E-state index contributed by atoms with van der Waals surface area (Å²) in [6.07, 6.45) is 0.0572. The molecule has 16 heavy (non-hydrogen) atoms. The van der Waals surface area contributed by atoms with Crippen molar-refractivity contribution >= 4 is 11.8 Å². The zero-order valence-corrected chi connectivity index (χ0v) is 7.95. The molecule has 0 saturated carbocycles. The van der Waals surface area contributed by atoms with E-state index in [0.29, 0.717) is 0 Å². The molecule has 9 nitrogen and oxygen atoms in total. The lowest BCUT2D eigenvalue weighted by atomic mass is 10.3. The van der Waals surface area contributed by atoms with Crippen LogP contribution in [-0.2, 0) is 11.2 Å². The number of carboxylic acid groups (broad SMARTS) is 1. The second kappa shape index (κ2) is 3.96. The van der Waals surface area contributed by atoms with Gasteiger partial charge in [-0.15, -0.1) is 0 Å². The molecular formula is C7H7N5O4. The van der Waals surface area contributed by atoms with Gasteiger partial charge in [0.25, 0.3) is 0 Å². The number of aliphatic carboxylic acids is 1. The molecule has 0 spiro atoms. The Morgan fingerprint density at radius 3 is 2.81 bits per heavy atom. The molecule has 2 heterocycles. The zero-order valence-electron chi connectivity index (χ0n) is 7.95. The summed E-state index contributed by atoms with van der Waals surface area (Å²) < 4.78 is 9.17. The summed E-state index contributed by atoms with van der Waals surface area (Å²) in [7, 11) is 0. The number of nitrogen functional groups attached to an aromatic ring is 1. The lowest BCUT2D eigenvalue weighted by molar-refractivity contribution is -0.137. The topological polar surface area (TPSA) is 141 Å². The van der Waals surface area contributed by atoms with Gasteiger partial charge in [0, 0.05) is 6.42 Å². The third-order valence-corrected chi connectivity index (χ3v) is 1.75. The molecule has 0 aliphatic carbocycles. The van der Waals surface area contributed by atoms with E-state index in [1.807, 2.05) is 0 Å². The van der Waals surface area contributed by atoms with Crippen LogP contribution in [0.4, 0.5) is 5.82 Å². The molecule has 3 N–H and O–H groups in total.